The van der Waals surface area contributed by atoms with E-state index in [4.69, 9.17) is 15.9 Å². The molecule has 5 aromatic rings. The lowest BCUT2D eigenvalue weighted by Crippen LogP contribution is -2.10. The number of hydrogen-bond acceptors (Lipinski definition) is 8. The Morgan fingerprint density at radius 1 is 0.970 bits per heavy atom. The maximum Gasteiger partial charge on any atom is 0.306 e. The predicted molar refractivity (Wildman–Crippen MR) is 119 cm³/mol. The Balaban J connectivity index is 1.76. The molecule has 0 saturated heterocycles. The summed E-state index contributed by atoms with van der Waals surface area (Å²) in [4.78, 5) is 24.5. The van der Waals surface area contributed by atoms with E-state index in [1.807, 2.05) is 25.1 Å². The number of aromatic nitrogens is 5. The summed E-state index contributed by atoms with van der Waals surface area (Å²) >= 11 is 0. The zero-order valence-electron chi connectivity index (χ0n) is 17.3. The number of nitrogens with two attached hydrogens (primary N) is 2. The summed E-state index contributed by atoms with van der Waals surface area (Å²) in [6.45, 7) is 1.89. The van der Waals surface area contributed by atoms with Gasteiger partial charge in [-0.3, -0.25) is 4.79 Å². The molecular weight excluding hydrogens is 425 g/mol. The van der Waals surface area contributed by atoms with Gasteiger partial charge in [0.15, 0.2) is 0 Å². The lowest BCUT2D eigenvalue weighted by molar-refractivity contribution is 0.0968. The number of carbonyl (C=O) groups is 1. The highest BCUT2D eigenvalue weighted by Crippen LogP contribution is 2.37. The molecule has 10 heteroatoms. The van der Waals surface area contributed by atoms with E-state index in [2.05, 4.69) is 25.1 Å². The number of pyridine rings is 1. The summed E-state index contributed by atoms with van der Waals surface area (Å²) in [6, 6.07) is 13.4. The van der Waals surface area contributed by atoms with Crippen LogP contribution in [-0.4, -0.2) is 31.1 Å². The van der Waals surface area contributed by atoms with E-state index < -0.39 is 5.91 Å². The third kappa shape index (κ3) is 3.63. The molecule has 0 aliphatic rings. The van der Waals surface area contributed by atoms with Crippen LogP contribution in [0.25, 0.3) is 44.7 Å². The van der Waals surface area contributed by atoms with Crippen molar-refractivity contribution in [3.8, 4) is 33.8 Å². The Morgan fingerprint density at radius 2 is 1.73 bits per heavy atom. The van der Waals surface area contributed by atoms with Gasteiger partial charge >= 0.3 is 11.8 Å². The van der Waals surface area contributed by atoms with Crippen molar-refractivity contribution in [1.29, 1.82) is 0 Å². The summed E-state index contributed by atoms with van der Waals surface area (Å²) in [5, 5.41) is 8.39. The molecule has 0 unspecified atom stereocenters. The van der Waals surface area contributed by atoms with Crippen LogP contribution in [0.15, 0.2) is 59.3 Å². The van der Waals surface area contributed by atoms with Gasteiger partial charge < -0.3 is 15.9 Å². The van der Waals surface area contributed by atoms with Crippen molar-refractivity contribution < 1.29 is 13.6 Å². The van der Waals surface area contributed by atoms with E-state index in [9.17, 15) is 9.18 Å². The van der Waals surface area contributed by atoms with E-state index in [1.165, 1.54) is 18.5 Å². The minimum atomic E-state index is -0.853. The van der Waals surface area contributed by atoms with Gasteiger partial charge in [-0.2, -0.15) is 0 Å². The largest absolute Gasteiger partial charge is 0.412 e. The first-order valence-electron chi connectivity index (χ1n) is 9.82. The van der Waals surface area contributed by atoms with E-state index in [-0.39, 0.29) is 23.4 Å². The van der Waals surface area contributed by atoms with Crippen molar-refractivity contribution in [1.82, 2.24) is 25.1 Å². The number of aryl methyl sites for hydroxylation is 1. The van der Waals surface area contributed by atoms with Crippen molar-refractivity contribution in [3.05, 3.63) is 72.3 Å². The van der Waals surface area contributed by atoms with Gasteiger partial charge in [0.1, 0.15) is 18.0 Å². The molecule has 0 atom stereocenters. The lowest BCUT2D eigenvalue weighted by Gasteiger charge is -2.13. The molecule has 5 rings (SSSR count). The van der Waals surface area contributed by atoms with Gasteiger partial charge in [-0.25, -0.2) is 19.3 Å². The highest BCUT2D eigenvalue weighted by molar-refractivity contribution is 5.92. The third-order valence-electron chi connectivity index (χ3n) is 5.18. The van der Waals surface area contributed by atoms with Crippen LogP contribution in [0.5, 0.6) is 0 Å². The van der Waals surface area contributed by atoms with E-state index in [1.54, 1.807) is 18.2 Å². The number of primary amides is 1. The average Bonchev–Trinajstić information content (AvgIpc) is 3.30. The predicted octanol–water partition coefficient (Wildman–Crippen LogP) is 3.54. The zero-order valence-corrected chi connectivity index (χ0v) is 17.3. The molecule has 0 fully saturated rings. The Bertz CT molecular complexity index is 1530. The number of fused-ring (bicyclic) bond motifs is 1. The van der Waals surface area contributed by atoms with Crippen LogP contribution in [0.2, 0.25) is 0 Å². The number of amides is 1. The normalized spacial score (nSPS) is 11.1. The van der Waals surface area contributed by atoms with Crippen molar-refractivity contribution >= 4 is 22.6 Å². The fourth-order valence-electron chi connectivity index (χ4n) is 3.53. The molecule has 1 amide bonds. The fraction of sp³-hybridized carbons (Fsp3) is 0.0435. The highest BCUT2D eigenvalue weighted by atomic mass is 19.1. The summed E-state index contributed by atoms with van der Waals surface area (Å²) < 4.78 is 18.9. The van der Waals surface area contributed by atoms with Crippen molar-refractivity contribution in [2.24, 2.45) is 5.73 Å². The number of hydrogen-bond donors (Lipinski definition) is 2. The van der Waals surface area contributed by atoms with Crippen molar-refractivity contribution in [2.75, 3.05) is 5.73 Å². The zero-order chi connectivity index (χ0) is 23.1. The quantitative estimate of drug-likeness (QED) is 0.430. The topological polar surface area (TPSA) is 147 Å². The second-order valence-corrected chi connectivity index (χ2v) is 7.29. The second kappa shape index (κ2) is 7.75. The smallest absolute Gasteiger partial charge is 0.306 e. The van der Waals surface area contributed by atoms with E-state index in [0.29, 0.717) is 22.4 Å². The van der Waals surface area contributed by atoms with E-state index >= 15 is 0 Å². The number of nitrogen functional groups attached to an aromatic ring is 1. The summed E-state index contributed by atoms with van der Waals surface area (Å²) in [6.07, 6.45) is 1.51. The number of carbonyl (C=O) groups excluding carboxylic acids is 1. The molecular formula is C23H16FN7O2. The molecule has 9 nitrogen and oxygen atoms in total. The van der Waals surface area contributed by atoms with Crippen LogP contribution in [0.1, 0.15) is 16.4 Å². The number of halogens is 1. The third-order valence-corrected chi connectivity index (χ3v) is 5.18. The molecule has 0 aliphatic heterocycles. The second-order valence-electron chi connectivity index (χ2n) is 7.29. The molecule has 3 aromatic heterocycles. The van der Waals surface area contributed by atoms with Crippen LogP contribution in [-0.2, 0) is 0 Å². The molecule has 2 aromatic carbocycles. The van der Waals surface area contributed by atoms with Gasteiger partial charge in [0.2, 0.25) is 0 Å². The summed E-state index contributed by atoms with van der Waals surface area (Å²) in [5.74, 6) is -1.47. The van der Waals surface area contributed by atoms with Crippen LogP contribution < -0.4 is 11.5 Å². The van der Waals surface area contributed by atoms with E-state index in [0.717, 1.165) is 22.2 Å². The van der Waals surface area contributed by atoms with Gasteiger partial charge in [-0.15, -0.1) is 10.2 Å². The number of rotatable bonds is 4. The highest BCUT2D eigenvalue weighted by Gasteiger charge is 2.20. The Morgan fingerprint density at radius 3 is 2.45 bits per heavy atom. The molecule has 0 aliphatic carbocycles. The van der Waals surface area contributed by atoms with Crippen LogP contribution in [0, 0.1) is 12.7 Å². The van der Waals surface area contributed by atoms with Crippen molar-refractivity contribution in [2.45, 2.75) is 6.92 Å². The number of anilines is 1. The molecule has 162 valence electrons. The minimum Gasteiger partial charge on any atom is -0.412 e. The van der Waals surface area contributed by atoms with Crippen molar-refractivity contribution in [3.63, 3.8) is 0 Å². The van der Waals surface area contributed by atoms with Crippen LogP contribution in [0.4, 0.5) is 10.2 Å². The maximum atomic E-state index is 13.6. The molecule has 0 saturated carbocycles. The monoisotopic (exact) mass is 441 g/mol. The SMILES string of the molecule is Cc1ncnc2ccc(-c3cc(-c4nnc(C(N)=O)o4)c(N)nc3-c3ccc(F)cc3)cc12. The minimum absolute atomic E-state index is 0.000934. The molecule has 0 bridgehead atoms. The summed E-state index contributed by atoms with van der Waals surface area (Å²) in [7, 11) is 0. The van der Waals surface area contributed by atoms with Crippen LogP contribution >= 0.6 is 0 Å². The number of nitrogens with zero attached hydrogens (tertiary/aromatic N) is 5. The Labute approximate surface area is 186 Å². The standard InChI is InChI=1S/C23H16FN7O2/c1-11-15-8-13(4-7-18(15)28-10-27-11)16-9-17(22-30-31-23(33-22)21(26)32)20(25)29-19(16)12-2-5-14(24)6-3-12/h2-10H,1H3,(H2,25,29)(H2,26,32). The lowest BCUT2D eigenvalue weighted by atomic mass is 9.96. The Kier molecular flexibility index (Phi) is 4.74. The Hall–Kier alpha value is -4.73. The van der Waals surface area contributed by atoms with Gasteiger partial charge in [-0.1, -0.05) is 6.07 Å². The van der Waals surface area contributed by atoms with Gasteiger partial charge in [-0.05, 0) is 55.0 Å². The maximum absolute atomic E-state index is 13.6. The number of benzene rings is 2. The first-order chi connectivity index (χ1) is 15.9. The fourth-order valence-corrected chi connectivity index (χ4v) is 3.53. The summed E-state index contributed by atoms with van der Waals surface area (Å²) in [5.41, 5.74) is 16.0. The molecule has 33 heavy (non-hydrogen) atoms. The molecule has 4 N–H and O–H groups in total. The van der Waals surface area contributed by atoms with Gasteiger partial charge in [0.25, 0.3) is 5.89 Å². The molecule has 0 radical (unpaired) electrons. The average molecular weight is 441 g/mol. The van der Waals surface area contributed by atoms with Crippen LogP contribution in [0.3, 0.4) is 0 Å². The van der Waals surface area contributed by atoms with Gasteiger partial charge in [0.05, 0.1) is 16.8 Å². The first-order valence-corrected chi connectivity index (χ1v) is 9.82. The van der Waals surface area contributed by atoms with Gasteiger partial charge in [0, 0.05) is 22.2 Å². The first kappa shape index (κ1) is 20.2. The molecule has 3 heterocycles. The molecule has 0 spiro atoms.